The molecule has 0 amide bonds. The molecular weight excluding hydrogens is 313 g/mol. The molecular formula is C8H6IN3O3. The number of aromatic amines is 2. The van der Waals surface area contributed by atoms with Crippen molar-refractivity contribution in [1.82, 2.24) is 14.5 Å². The largest absolute Gasteiger partial charge is 0.346 e. The molecule has 6 nitrogen and oxygen atoms in total. The van der Waals surface area contributed by atoms with E-state index in [0.29, 0.717) is 3.57 Å². The second-order valence-corrected chi connectivity index (χ2v) is 4.17. The summed E-state index contributed by atoms with van der Waals surface area (Å²) in [6, 6.07) is 0. The van der Waals surface area contributed by atoms with Crippen molar-refractivity contribution in [3.05, 3.63) is 40.8 Å². The van der Waals surface area contributed by atoms with E-state index < -0.39 is 11.2 Å². The first-order chi connectivity index (χ1) is 7.02. The van der Waals surface area contributed by atoms with Gasteiger partial charge >= 0.3 is 5.69 Å². The van der Waals surface area contributed by atoms with Crippen LogP contribution < -0.4 is 16.7 Å². The minimum atomic E-state index is -0.659. The Balaban J connectivity index is 3.25. The highest BCUT2D eigenvalue weighted by atomic mass is 127. The first-order valence-electron chi connectivity index (χ1n) is 4.02. The maximum absolute atomic E-state index is 11.6. The number of pyridine rings is 1. The van der Waals surface area contributed by atoms with E-state index in [1.165, 1.54) is 17.8 Å². The van der Waals surface area contributed by atoms with Crippen LogP contribution in [0.15, 0.2) is 20.6 Å². The molecule has 0 radical (unpaired) electrons. The monoisotopic (exact) mass is 319 g/mol. The molecule has 0 saturated carbocycles. The lowest BCUT2D eigenvalue weighted by Gasteiger charge is -2.02. The second kappa shape index (κ2) is 3.33. The average molecular weight is 319 g/mol. The van der Waals surface area contributed by atoms with Crippen LogP contribution >= 0.6 is 22.6 Å². The Labute approximate surface area is 96.1 Å². The van der Waals surface area contributed by atoms with Gasteiger partial charge in [-0.25, -0.2) is 4.79 Å². The lowest BCUT2D eigenvalue weighted by molar-refractivity contribution is 0.827. The van der Waals surface area contributed by atoms with Crippen LogP contribution in [0, 0.1) is 3.57 Å². The van der Waals surface area contributed by atoms with Gasteiger partial charge in [0.1, 0.15) is 11.0 Å². The number of nitrogens with one attached hydrogen (secondary N) is 2. The zero-order chi connectivity index (χ0) is 11.2. The van der Waals surface area contributed by atoms with Crippen molar-refractivity contribution in [2.45, 2.75) is 0 Å². The lowest BCUT2D eigenvalue weighted by Crippen LogP contribution is -2.32. The van der Waals surface area contributed by atoms with Crippen molar-refractivity contribution in [2.24, 2.45) is 7.05 Å². The number of fused-ring (bicyclic) bond motifs is 1. The molecule has 0 atom stereocenters. The Hall–Kier alpha value is -1.38. The molecule has 0 fully saturated rings. The Kier molecular flexibility index (Phi) is 2.25. The molecule has 15 heavy (non-hydrogen) atoms. The molecule has 7 heteroatoms. The fraction of sp³-hybridized carbons (Fsp3) is 0.125. The fourth-order valence-electron chi connectivity index (χ4n) is 1.32. The van der Waals surface area contributed by atoms with Gasteiger partial charge in [-0.15, -0.1) is 0 Å². The minimum absolute atomic E-state index is 0.0241. The van der Waals surface area contributed by atoms with Gasteiger partial charge in [-0.2, -0.15) is 0 Å². The zero-order valence-electron chi connectivity index (χ0n) is 7.63. The van der Waals surface area contributed by atoms with E-state index in [0.717, 1.165) is 0 Å². The smallest absolute Gasteiger partial charge is 0.329 e. The van der Waals surface area contributed by atoms with E-state index in [4.69, 9.17) is 0 Å². The summed E-state index contributed by atoms with van der Waals surface area (Å²) in [5, 5.41) is -0.0241. The molecule has 2 heterocycles. The predicted molar refractivity (Wildman–Crippen MR) is 63.1 cm³/mol. The molecule has 2 aromatic heterocycles. The van der Waals surface area contributed by atoms with Gasteiger partial charge in [-0.1, -0.05) is 0 Å². The summed E-state index contributed by atoms with van der Waals surface area (Å²) in [6.07, 6.45) is 1.46. The van der Waals surface area contributed by atoms with Gasteiger partial charge in [0.15, 0.2) is 0 Å². The minimum Gasteiger partial charge on any atom is -0.346 e. The standard InChI is InChI=1S/C8H6IN3O3/c1-12-6-4(7(14)11-8(12)15)5(13)3(9)2-10-6/h2H,1H3,(H,10,13)(H,11,14,15). The zero-order valence-corrected chi connectivity index (χ0v) is 9.78. The van der Waals surface area contributed by atoms with Crippen LogP contribution in [0.4, 0.5) is 0 Å². The molecule has 2 rings (SSSR count). The number of aryl methyl sites for hydroxylation is 1. The first-order valence-corrected chi connectivity index (χ1v) is 5.10. The third-order valence-corrected chi connectivity index (χ3v) is 2.91. The molecule has 0 bridgehead atoms. The molecule has 0 spiro atoms. The van der Waals surface area contributed by atoms with E-state index in [1.54, 1.807) is 0 Å². The highest BCUT2D eigenvalue weighted by Crippen LogP contribution is 2.01. The van der Waals surface area contributed by atoms with E-state index in [1.807, 2.05) is 22.6 Å². The molecule has 0 saturated heterocycles. The van der Waals surface area contributed by atoms with E-state index in [-0.39, 0.29) is 16.5 Å². The first kappa shape index (κ1) is 10.1. The van der Waals surface area contributed by atoms with Gasteiger partial charge in [-0.3, -0.25) is 19.1 Å². The SMILES string of the molecule is Cn1c(=O)[nH]c(=O)c2c(=O)c(I)c[nH]c21. The van der Waals surface area contributed by atoms with Crippen LogP contribution in [0.3, 0.4) is 0 Å². The van der Waals surface area contributed by atoms with Gasteiger partial charge in [0.05, 0.1) is 3.57 Å². The number of rotatable bonds is 0. The number of nitrogens with zero attached hydrogens (tertiary/aromatic N) is 1. The molecule has 0 aromatic carbocycles. The summed E-state index contributed by atoms with van der Waals surface area (Å²) in [7, 11) is 1.48. The van der Waals surface area contributed by atoms with Crippen LogP contribution in [0.25, 0.3) is 11.0 Å². The Bertz CT molecular complexity index is 710. The highest BCUT2D eigenvalue weighted by molar-refractivity contribution is 14.1. The van der Waals surface area contributed by atoms with Crippen molar-refractivity contribution in [1.29, 1.82) is 0 Å². The molecule has 0 aliphatic heterocycles. The highest BCUT2D eigenvalue weighted by Gasteiger charge is 2.10. The van der Waals surface area contributed by atoms with Crippen LogP contribution in [0.1, 0.15) is 0 Å². The van der Waals surface area contributed by atoms with Crippen molar-refractivity contribution in [3.63, 3.8) is 0 Å². The normalized spacial score (nSPS) is 10.8. The number of halogens is 1. The number of hydrogen-bond acceptors (Lipinski definition) is 3. The predicted octanol–water partition coefficient (Wildman–Crippen LogP) is -0.480. The maximum Gasteiger partial charge on any atom is 0.329 e. The van der Waals surface area contributed by atoms with Gasteiger partial charge in [-0.05, 0) is 22.6 Å². The topological polar surface area (TPSA) is 87.7 Å². The number of H-pyrrole nitrogens is 2. The van der Waals surface area contributed by atoms with Crippen LogP contribution in [-0.4, -0.2) is 14.5 Å². The Morgan fingerprint density at radius 3 is 2.67 bits per heavy atom. The van der Waals surface area contributed by atoms with Crippen LogP contribution in [0.2, 0.25) is 0 Å². The average Bonchev–Trinajstić information content (AvgIpc) is 2.18. The summed E-state index contributed by atoms with van der Waals surface area (Å²) in [5.74, 6) is 0. The van der Waals surface area contributed by atoms with E-state index in [2.05, 4.69) is 9.97 Å². The Morgan fingerprint density at radius 2 is 2.00 bits per heavy atom. The quantitative estimate of drug-likeness (QED) is 0.643. The van der Waals surface area contributed by atoms with E-state index >= 15 is 0 Å². The maximum atomic E-state index is 11.6. The van der Waals surface area contributed by atoms with Crippen molar-refractivity contribution in [2.75, 3.05) is 0 Å². The molecule has 78 valence electrons. The van der Waals surface area contributed by atoms with Gasteiger partial charge in [0, 0.05) is 13.2 Å². The van der Waals surface area contributed by atoms with Gasteiger partial charge in [0.25, 0.3) is 5.56 Å². The number of aromatic nitrogens is 3. The third kappa shape index (κ3) is 1.42. The number of hydrogen-bond donors (Lipinski definition) is 2. The summed E-state index contributed by atoms with van der Waals surface area (Å²) >= 11 is 1.83. The molecule has 0 aliphatic carbocycles. The van der Waals surface area contributed by atoms with Crippen molar-refractivity contribution in [3.8, 4) is 0 Å². The van der Waals surface area contributed by atoms with Crippen LogP contribution in [0.5, 0.6) is 0 Å². The second-order valence-electron chi connectivity index (χ2n) is 3.01. The van der Waals surface area contributed by atoms with Gasteiger partial charge < -0.3 is 4.98 Å². The van der Waals surface area contributed by atoms with E-state index in [9.17, 15) is 14.4 Å². The van der Waals surface area contributed by atoms with Crippen LogP contribution in [-0.2, 0) is 7.05 Å². The summed E-state index contributed by atoms with van der Waals surface area (Å²) in [5.41, 5.74) is -1.35. The van der Waals surface area contributed by atoms with Crippen molar-refractivity contribution >= 4 is 33.6 Å². The summed E-state index contributed by atoms with van der Waals surface area (Å²) in [6.45, 7) is 0. The summed E-state index contributed by atoms with van der Waals surface area (Å²) in [4.78, 5) is 39.1. The lowest BCUT2D eigenvalue weighted by atomic mass is 10.3. The molecule has 2 aromatic rings. The molecule has 0 unspecified atom stereocenters. The fourth-order valence-corrected chi connectivity index (χ4v) is 1.74. The van der Waals surface area contributed by atoms with Crippen molar-refractivity contribution < 1.29 is 0 Å². The third-order valence-electron chi connectivity index (χ3n) is 2.10. The summed E-state index contributed by atoms with van der Waals surface area (Å²) < 4.78 is 1.60. The Morgan fingerprint density at radius 1 is 1.33 bits per heavy atom. The molecule has 0 aliphatic rings. The van der Waals surface area contributed by atoms with Gasteiger partial charge in [0.2, 0.25) is 5.43 Å². The molecule has 2 N–H and O–H groups in total.